The highest BCUT2D eigenvalue weighted by atomic mass is 16.6. The van der Waals surface area contributed by atoms with Gasteiger partial charge in [-0.05, 0) is 0 Å². The summed E-state index contributed by atoms with van der Waals surface area (Å²) >= 11 is 0. The molecule has 0 saturated carbocycles. The molecule has 11 heteroatoms. The lowest BCUT2D eigenvalue weighted by atomic mass is 9.80. The van der Waals surface area contributed by atoms with Crippen LogP contribution in [-0.4, -0.2) is 120 Å². The van der Waals surface area contributed by atoms with Crippen molar-refractivity contribution in [3.05, 3.63) is 0 Å². The second kappa shape index (κ2) is 7.90. The van der Waals surface area contributed by atoms with Gasteiger partial charge in [-0.15, -0.1) is 0 Å². The number of carbonyl (C=O) groups is 1. The number of hydrogen-bond acceptors (Lipinski definition) is 11. The Morgan fingerprint density at radius 2 is 1.61 bits per heavy atom. The van der Waals surface area contributed by atoms with Gasteiger partial charge in [0.2, 0.25) is 0 Å². The predicted molar refractivity (Wildman–Crippen MR) is 69.9 cm³/mol. The van der Waals surface area contributed by atoms with Gasteiger partial charge in [-0.1, -0.05) is 0 Å². The number of hydrogen-bond donors (Lipinski definition) is 9. The fourth-order valence-corrected chi connectivity index (χ4v) is 2.38. The van der Waals surface area contributed by atoms with Crippen molar-refractivity contribution in [2.75, 3.05) is 13.2 Å². The summed E-state index contributed by atoms with van der Waals surface area (Å²) in [6.45, 7) is -1.84. The minimum Gasteiger partial charge on any atom is -0.394 e. The van der Waals surface area contributed by atoms with Gasteiger partial charge < -0.3 is 50.7 Å². The van der Waals surface area contributed by atoms with E-state index in [0.717, 1.165) is 0 Å². The molecule has 0 bridgehead atoms. The average molecular weight is 342 g/mol. The van der Waals surface area contributed by atoms with E-state index in [2.05, 4.69) is 0 Å². The molecule has 1 aliphatic rings. The largest absolute Gasteiger partial charge is 0.394 e. The number of carbonyl (C=O) groups excluding carboxylic acids is 1. The van der Waals surface area contributed by atoms with Crippen LogP contribution in [0, 0.1) is 0 Å². The Hall–Kier alpha value is -0.730. The highest BCUT2D eigenvalue weighted by molar-refractivity contribution is 5.65. The second-order valence-corrected chi connectivity index (χ2v) is 5.44. The third-order valence-corrected chi connectivity index (χ3v) is 3.92. The molecule has 0 aliphatic carbocycles. The van der Waals surface area contributed by atoms with Crippen LogP contribution in [-0.2, 0) is 9.53 Å². The highest BCUT2D eigenvalue weighted by Gasteiger charge is 2.57. The third kappa shape index (κ3) is 3.69. The third-order valence-electron chi connectivity index (χ3n) is 3.92. The van der Waals surface area contributed by atoms with E-state index in [4.69, 9.17) is 14.9 Å². The van der Waals surface area contributed by atoms with Crippen LogP contribution in [0.4, 0.5) is 0 Å². The predicted octanol–water partition coefficient (Wildman–Crippen LogP) is -6.17. The zero-order valence-electron chi connectivity index (χ0n) is 12.0. The molecule has 1 rings (SSSR count). The first-order valence-electron chi connectivity index (χ1n) is 6.79. The van der Waals surface area contributed by atoms with E-state index in [9.17, 15) is 40.5 Å². The van der Waals surface area contributed by atoms with E-state index in [1.165, 1.54) is 0 Å². The summed E-state index contributed by atoms with van der Waals surface area (Å²) in [5.74, 6) is 0. The summed E-state index contributed by atoms with van der Waals surface area (Å²) in [6.07, 6.45) is -16.0. The van der Waals surface area contributed by atoms with Crippen LogP contribution in [0.2, 0.25) is 0 Å². The molecule has 1 fully saturated rings. The average Bonchev–Trinajstić information content (AvgIpc) is 2.57. The first-order chi connectivity index (χ1) is 10.6. The normalized spacial score (nSPS) is 38.4. The number of aliphatic hydroxyl groups excluding tert-OH is 8. The summed E-state index contributed by atoms with van der Waals surface area (Å²) in [4.78, 5) is 11.2. The van der Waals surface area contributed by atoms with Gasteiger partial charge >= 0.3 is 0 Å². The molecule has 11 nitrogen and oxygen atoms in total. The number of rotatable bonds is 7. The van der Waals surface area contributed by atoms with Crippen molar-refractivity contribution < 1.29 is 55.5 Å². The van der Waals surface area contributed by atoms with Gasteiger partial charge in [-0.25, -0.2) is 0 Å². The van der Waals surface area contributed by atoms with Gasteiger partial charge in [-0.3, -0.25) is 4.79 Å². The van der Waals surface area contributed by atoms with Gasteiger partial charge in [0.15, 0.2) is 11.9 Å². The molecule has 1 heterocycles. The smallest absolute Gasteiger partial charge is 0.177 e. The molecule has 0 spiro atoms. The van der Waals surface area contributed by atoms with E-state index in [1.807, 2.05) is 0 Å². The van der Waals surface area contributed by atoms with Crippen LogP contribution in [0.25, 0.3) is 0 Å². The molecule has 0 aromatic heterocycles. The molecule has 0 radical (unpaired) electrons. The molecule has 0 aromatic rings. The lowest BCUT2D eigenvalue weighted by Crippen LogP contribution is -2.70. The van der Waals surface area contributed by atoms with Crippen LogP contribution in [0.1, 0.15) is 0 Å². The van der Waals surface area contributed by atoms with Gasteiger partial charge in [0.05, 0.1) is 13.2 Å². The first-order valence-corrected chi connectivity index (χ1v) is 6.79. The van der Waals surface area contributed by atoms with Crippen molar-refractivity contribution in [2.24, 2.45) is 0 Å². The standard InChI is InChI=1S/C12H22O11/c13-1-4(16)6(17)10(21)12(22,3-15)11-9(20)8(19)7(18)5(2-14)23-11/h3-11,13-14,16-22H,1-2H2/t4-,5-,6-,7-,8+,9+,10+,11?,12-/m1/s1. The molecule has 0 amide bonds. The zero-order chi connectivity index (χ0) is 17.9. The van der Waals surface area contributed by atoms with Gasteiger partial charge in [0, 0.05) is 0 Å². The van der Waals surface area contributed by atoms with E-state index in [1.54, 1.807) is 0 Å². The topological polar surface area (TPSA) is 208 Å². The van der Waals surface area contributed by atoms with Crippen molar-refractivity contribution in [1.29, 1.82) is 0 Å². The van der Waals surface area contributed by atoms with Crippen molar-refractivity contribution in [3.63, 3.8) is 0 Å². The molecule has 136 valence electrons. The number of aldehydes is 1. The fraction of sp³-hybridized carbons (Fsp3) is 0.917. The van der Waals surface area contributed by atoms with Gasteiger partial charge in [0.25, 0.3) is 0 Å². The Morgan fingerprint density at radius 3 is 2.04 bits per heavy atom. The molecule has 0 aromatic carbocycles. The van der Waals surface area contributed by atoms with E-state index in [0.29, 0.717) is 0 Å². The minimum atomic E-state index is -3.01. The van der Waals surface area contributed by atoms with Crippen LogP contribution in [0.3, 0.4) is 0 Å². The molecule has 1 aliphatic heterocycles. The van der Waals surface area contributed by atoms with Crippen molar-refractivity contribution >= 4 is 6.29 Å². The number of ether oxygens (including phenoxy) is 1. The lowest BCUT2D eigenvalue weighted by Gasteiger charge is -2.47. The SMILES string of the molecule is O=C[C@](O)(C1O[C@H](CO)[C@@H](O)[C@H](O)[C@@H]1O)[C@@H](O)[C@H](O)[C@H](O)CO. The van der Waals surface area contributed by atoms with Crippen molar-refractivity contribution in [3.8, 4) is 0 Å². The van der Waals surface area contributed by atoms with Crippen LogP contribution < -0.4 is 0 Å². The summed E-state index contributed by atoms with van der Waals surface area (Å²) in [5, 5.41) is 86.1. The maximum Gasteiger partial charge on any atom is 0.177 e. The molecule has 1 unspecified atom stereocenters. The van der Waals surface area contributed by atoms with E-state index >= 15 is 0 Å². The summed E-state index contributed by atoms with van der Waals surface area (Å²) < 4.78 is 4.96. The Kier molecular flexibility index (Phi) is 6.97. The molecule has 23 heavy (non-hydrogen) atoms. The molecule has 1 saturated heterocycles. The Bertz CT molecular complexity index is 391. The molecule has 9 N–H and O–H groups in total. The van der Waals surface area contributed by atoms with E-state index < -0.39 is 67.6 Å². The fourth-order valence-electron chi connectivity index (χ4n) is 2.38. The van der Waals surface area contributed by atoms with Crippen LogP contribution in [0.15, 0.2) is 0 Å². The van der Waals surface area contributed by atoms with Gasteiger partial charge in [0.1, 0.15) is 48.8 Å². The second-order valence-electron chi connectivity index (χ2n) is 5.44. The lowest BCUT2D eigenvalue weighted by molar-refractivity contribution is -0.283. The Balaban J connectivity index is 3.12. The highest BCUT2D eigenvalue weighted by Crippen LogP contribution is 2.31. The monoisotopic (exact) mass is 342 g/mol. The quantitative estimate of drug-likeness (QED) is 0.199. The summed E-state index contributed by atoms with van der Waals surface area (Å²) in [6, 6.07) is 0. The van der Waals surface area contributed by atoms with E-state index in [-0.39, 0.29) is 6.29 Å². The van der Waals surface area contributed by atoms with Crippen LogP contribution in [0.5, 0.6) is 0 Å². The summed E-state index contributed by atoms with van der Waals surface area (Å²) in [7, 11) is 0. The van der Waals surface area contributed by atoms with Gasteiger partial charge in [-0.2, -0.15) is 0 Å². The zero-order valence-corrected chi connectivity index (χ0v) is 12.0. The Labute approximate surface area is 130 Å². The first kappa shape index (κ1) is 20.3. The maximum absolute atomic E-state index is 11.2. The minimum absolute atomic E-state index is 0.280. The number of aliphatic hydroxyl groups is 9. The molecular formula is C12H22O11. The van der Waals surface area contributed by atoms with Crippen molar-refractivity contribution in [2.45, 2.75) is 54.4 Å². The Morgan fingerprint density at radius 1 is 1.04 bits per heavy atom. The summed E-state index contributed by atoms with van der Waals surface area (Å²) in [5.41, 5.74) is -3.01. The maximum atomic E-state index is 11.2. The van der Waals surface area contributed by atoms with Crippen molar-refractivity contribution in [1.82, 2.24) is 0 Å². The molecular weight excluding hydrogens is 320 g/mol. The van der Waals surface area contributed by atoms with Crippen LogP contribution >= 0.6 is 0 Å². The molecule has 9 atom stereocenters.